The average molecular weight is 188 g/mol. The largest absolute Gasteiger partial charge is 0.439 e. The zero-order valence-corrected chi connectivity index (χ0v) is 9.44. The van der Waals surface area contributed by atoms with Crippen LogP contribution < -0.4 is 0 Å². The van der Waals surface area contributed by atoms with Gasteiger partial charge in [0, 0.05) is 7.11 Å². The molecule has 72 valence electrons. The molecular formula is C9H21BOS. The van der Waals surface area contributed by atoms with Gasteiger partial charge in [0.05, 0.1) is 0 Å². The van der Waals surface area contributed by atoms with Crippen molar-refractivity contribution in [1.29, 1.82) is 0 Å². The van der Waals surface area contributed by atoms with E-state index < -0.39 is 0 Å². The van der Waals surface area contributed by atoms with Crippen LogP contribution in [0.25, 0.3) is 0 Å². The normalized spacial score (nSPS) is 10.8. The van der Waals surface area contributed by atoms with Crippen molar-refractivity contribution in [1.82, 2.24) is 0 Å². The molecule has 0 aliphatic heterocycles. The highest BCUT2D eigenvalue weighted by Crippen LogP contribution is 2.12. The van der Waals surface area contributed by atoms with Gasteiger partial charge in [0.2, 0.25) is 0 Å². The maximum absolute atomic E-state index is 5.37. The maximum Gasteiger partial charge on any atom is 0.292 e. The summed E-state index contributed by atoms with van der Waals surface area (Å²) < 4.78 is 5.37. The van der Waals surface area contributed by atoms with E-state index in [1.165, 1.54) is 19.2 Å². The first kappa shape index (κ1) is 12.4. The highest BCUT2D eigenvalue weighted by atomic mass is 32.1. The van der Waals surface area contributed by atoms with Crippen LogP contribution >= 0.6 is 12.6 Å². The molecule has 0 aromatic rings. The van der Waals surface area contributed by atoms with Crippen molar-refractivity contribution in [2.24, 2.45) is 5.92 Å². The van der Waals surface area contributed by atoms with E-state index in [1.54, 1.807) is 0 Å². The van der Waals surface area contributed by atoms with Crippen molar-refractivity contribution < 1.29 is 4.65 Å². The van der Waals surface area contributed by atoms with Gasteiger partial charge in [0.25, 0.3) is 6.92 Å². The van der Waals surface area contributed by atoms with Gasteiger partial charge in [-0.05, 0) is 30.7 Å². The molecule has 0 rings (SSSR count). The molecule has 0 aliphatic rings. The third-order valence-electron chi connectivity index (χ3n) is 2.08. The summed E-state index contributed by atoms with van der Waals surface area (Å²) in [4.78, 5) is 0. The molecule has 12 heavy (non-hydrogen) atoms. The molecule has 3 heteroatoms. The van der Waals surface area contributed by atoms with Gasteiger partial charge in [0.1, 0.15) is 0 Å². The number of hydrogen-bond donors (Lipinski definition) is 1. The topological polar surface area (TPSA) is 9.23 Å². The van der Waals surface area contributed by atoms with E-state index in [1.807, 2.05) is 7.11 Å². The van der Waals surface area contributed by atoms with Gasteiger partial charge in [0.15, 0.2) is 0 Å². The number of thiol groups is 1. The van der Waals surface area contributed by atoms with Crippen LogP contribution in [0.2, 0.25) is 12.6 Å². The van der Waals surface area contributed by atoms with Crippen LogP contribution in [0.15, 0.2) is 0 Å². The van der Waals surface area contributed by atoms with Gasteiger partial charge >= 0.3 is 0 Å². The Morgan fingerprint density at radius 2 is 2.00 bits per heavy atom. The molecule has 0 aromatic carbocycles. The van der Waals surface area contributed by atoms with Crippen LogP contribution in [0, 0.1) is 5.92 Å². The van der Waals surface area contributed by atoms with Crippen LogP contribution in [-0.2, 0) is 4.65 Å². The molecular weight excluding hydrogens is 167 g/mol. The highest BCUT2D eigenvalue weighted by Gasteiger charge is 2.13. The molecule has 0 aromatic heterocycles. The summed E-state index contributed by atoms with van der Waals surface area (Å²) in [5, 5.41) is 0. The Bertz CT molecular complexity index is 98.5. The second-order valence-corrected chi connectivity index (χ2v) is 4.14. The third kappa shape index (κ3) is 7.05. The molecule has 0 amide bonds. The Labute approximate surface area is 82.8 Å². The smallest absolute Gasteiger partial charge is 0.292 e. The lowest BCUT2D eigenvalue weighted by Gasteiger charge is -2.11. The molecule has 1 nitrogen and oxygen atoms in total. The van der Waals surface area contributed by atoms with E-state index in [4.69, 9.17) is 4.65 Å². The average Bonchev–Trinajstić information content (AvgIpc) is 2.05. The van der Waals surface area contributed by atoms with Crippen LogP contribution in [-0.4, -0.2) is 19.8 Å². The predicted octanol–water partition coefficient (Wildman–Crippen LogP) is 2.99. The lowest BCUT2D eigenvalue weighted by molar-refractivity contribution is 0.411. The molecule has 0 saturated carbocycles. The molecule has 0 unspecified atom stereocenters. The summed E-state index contributed by atoms with van der Waals surface area (Å²) in [7, 11) is 1.81. The lowest BCUT2D eigenvalue weighted by atomic mass is 9.59. The summed E-state index contributed by atoms with van der Waals surface area (Å²) in [5.74, 6) is 1.76. The quantitative estimate of drug-likeness (QED) is 0.477. The van der Waals surface area contributed by atoms with Crippen LogP contribution in [0.3, 0.4) is 0 Å². The Kier molecular flexibility index (Phi) is 8.25. The second kappa shape index (κ2) is 8.00. The van der Waals surface area contributed by atoms with Crippen LogP contribution in [0.1, 0.15) is 26.7 Å². The number of hydrogen-bond acceptors (Lipinski definition) is 2. The first-order valence-electron chi connectivity index (χ1n) is 4.84. The summed E-state index contributed by atoms with van der Waals surface area (Å²) in [6.07, 6.45) is 4.79. The highest BCUT2D eigenvalue weighted by molar-refractivity contribution is 7.80. The van der Waals surface area contributed by atoms with Crippen LogP contribution in [0.5, 0.6) is 0 Å². The Hall–Kier alpha value is 0.375. The molecule has 0 aliphatic carbocycles. The maximum atomic E-state index is 5.37. The summed E-state index contributed by atoms with van der Waals surface area (Å²) in [5.41, 5.74) is 0. The van der Waals surface area contributed by atoms with Gasteiger partial charge in [-0.25, -0.2) is 0 Å². The first-order valence-corrected chi connectivity index (χ1v) is 5.47. The van der Waals surface area contributed by atoms with Crippen molar-refractivity contribution >= 4 is 19.5 Å². The minimum absolute atomic E-state index is 0.458. The zero-order chi connectivity index (χ0) is 9.40. The summed E-state index contributed by atoms with van der Waals surface area (Å²) in [6, 6.07) is 0. The van der Waals surface area contributed by atoms with Gasteiger partial charge in [-0.2, -0.15) is 12.6 Å². The molecule has 0 radical (unpaired) electrons. The Morgan fingerprint density at radius 3 is 2.42 bits per heavy atom. The first-order chi connectivity index (χ1) is 5.70. The summed E-state index contributed by atoms with van der Waals surface area (Å²) in [6.45, 7) is 4.97. The molecule has 0 heterocycles. The second-order valence-electron chi connectivity index (χ2n) is 3.69. The van der Waals surface area contributed by atoms with E-state index in [9.17, 15) is 0 Å². The van der Waals surface area contributed by atoms with Gasteiger partial charge in [-0.1, -0.05) is 20.3 Å². The SMILES string of the molecule is COB(CCCS)CCC(C)C. The van der Waals surface area contributed by atoms with Crippen molar-refractivity contribution in [3.8, 4) is 0 Å². The Balaban J connectivity index is 3.39. The molecule has 0 spiro atoms. The van der Waals surface area contributed by atoms with Crippen molar-refractivity contribution in [2.45, 2.75) is 39.3 Å². The molecule has 0 bridgehead atoms. The lowest BCUT2D eigenvalue weighted by Crippen LogP contribution is -2.16. The molecule has 0 atom stereocenters. The minimum Gasteiger partial charge on any atom is -0.439 e. The third-order valence-corrected chi connectivity index (χ3v) is 2.40. The van der Waals surface area contributed by atoms with Crippen molar-refractivity contribution in [3.63, 3.8) is 0 Å². The van der Waals surface area contributed by atoms with Crippen molar-refractivity contribution in [2.75, 3.05) is 12.9 Å². The fourth-order valence-corrected chi connectivity index (χ4v) is 1.40. The zero-order valence-electron chi connectivity index (χ0n) is 8.55. The molecule has 0 saturated heterocycles. The van der Waals surface area contributed by atoms with E-state index in [0.717, 1.165) is 18.0 Å². The fraction of sp³-hybridized carbons (Fsp3) is 1.00. The molecule has 0 N–H and O–H groups in total. The van der Waals surface area contributed by atoms with Crippen LogP contribution in [0.4, 0.5) is 0 Å². The van der Waals surface area contributed by atoms with Gasteiger partial charge in [-0.3, -0.25) is 0 Å². The van der Waals surface area contributed by atoms with E-state index in [0.29, 0.717) is 6.92 Å². The fourth-order valence-electron chi connectivity index (χ4n) is 1.22. The van der Waals surface area contributed by atoms with Gasteiger partial charge < -0.3 is 4.65 Å². The number of rotatable bonds is 7. The minimum atomic E-state index is 0.458. The Morgan fingerprint density at radius 1 is 1.33 bits per heavy atom. The monoisotopic (exact) mass is 188 g/mol. The van der Waals surface area contributed by atoms with Crippen molar-refractivity contribution in [3.05, 3.63) is 0 Å². The predicted molar refractivity (Wildman–Crippen MR) is 60.3 cm³/mol. The molecule has 0 fully saturated rings. The van der Waals surface area contributed by atoms with E-state index >= 15 is 0 Å². The standard InChI is InChI=1S/C9H21BOS/c1-9(2)5-7-10(11-3)6-4-8-12/h9,12H,4-8H2,1-3H3. The van der Waals surface area contributed by atoms with Gasteiger partial charge in [-0.15, -0.1) is 0 Å². The van der Waals surface area contributed by atoms with E-state index in [2.05, 4.69) is 26.5 Å². The summed E-state index contributed by atoms with van der Waals surface area (Å²) >= 11 is 4.19. The van der Waals surface area contributed by atoms with E-state index in [-0.39, 0.29) is 0 Å².